The summed E-state index contributed by atoms with van der Waals surface area (Å²) in [6.45, 7) is 4.52. The maximum Gasteiger partial charge on any atom is 0.267 e. The fraction of sp³-hybridized carbons (Fsp3) is 0.881. The molecule has 0 aromatic carbocycles. The second kappa shape index (κ2) is 36.6. The van der Waals surface area contributed by atoms with Crippen molar-refractivity contribution in [2.75, 3.05) is 5.75 Å². The second-order valence-electron chi connectivity index (χ2n) is 14.6. The third-order valence-corrected chi connectivity index (χ3v) is 10.4. The summed E-state index contributed by atoms with van der Waals surface area (Å²) >= 11 is 0. The van der Waals surface area contributed by atoms with E-state index < -0.39 is 28.0 Å². The summed E-state index contributed by atoms with van der Waals surface area (Å²) in [7, 11) is -4.34. The summed E-state index contributed by atoms with van der Waals surface area (Å²) in [5.41, 5.74) is 0. The van der Waals surface area contributed by atoms with Gasteiger partial charge in [0.2, 0.25) is 5.91 Å². The van der Waals surface area contributed by atoms with Gasteiger partial charge in [-0.05, 0) is 44.9 Å². The highest BCUT2D eigenvalue weighted by atomic mass is 32.2. The molecule has 0 fully saturated rings. The molecular formula is C42H81NO5S. The van der Waals surface area contributed by atoms with Crippen molar-refractivity contribution in [1.29, 1.82) is 0 Å². The molecule has 2 atom stereocenters. The summed E-state index contributed by atoms with van der Waals surface area (Å²) in [5.74, 6) is -0.975. The van der Waals surface area contributed by atoms with Crippen LogP contribution in [0.4, 0.5) is 0 Å². The van der Waals surface area contributed by atoms with Crippen LogP contribution in [0.3, 0.4) is 0 Å². The molecule has 0 saturated heterocycles. The van der Waals surface area contributed by atoms with E-state index in [1.54, 1.807) is 6.08 Å². The van der Waals surface area contributed by atoms with Crippen molar-refractivity contribution < 1.29 is 22.9 Å². The number of rotatable bonds is 38. The van der Waals surface area contributed by atoms with Gasteiger partial charge in [0.05, 0.1) is 17.9 Å². The van der Waals surface area contributed by atoms with E-state index >= 15 is 0 Å². The van der Waals surface area contributed by atoms with Crippen LogP contribution in [0.5, 0.6) is 0 Å². The van der Waals surface area contributed by atoms with E-state index in [4.69, 9.17) is 0 Å². The molecule has 3 N–H and O–H groups in total. The van der Waals surface area contributed by atoms with Crippen LogP contribution >= 0.6 is 0 Å². The predicted octanol–water partition coefficient (Wildman–Crippen LogP) is 12.4. The summed E-state index contributed by atoms with van der Waals surface area (Å²) < 4.78 is 32.5. The fourth-order valence-corrected chi connectivity index (χ4v) is 7.18. The molecule has 0 aromatic rings. The Morgan fingerprint density at radius 2 is 0.857 bits per heavy atom. The lowest BCUT2D eigenvalue weighted by atomic mass is 10.0. The minimum absolute atomic E-state index is 0.279. The van der Waals surface area contributed by atoms with Crippen LogP contribution < -0.4 is 5.32 Å². The number of unbranched alkanes of at least 4 members (excludes halogenated alkanes) is 28. The fourth-order valence-electron chi connectivity index (χ4n) is 6.44. The molecule has 7 heteroatoms. The van der Waals surface area contributed by atoms with Gasteiger partial charge in [-0.2, -0.15) is 8.42 Å². The zero-order valence-corrected chi connectivity index (χ0v) is 33.1. The maximum absolute atomic E-state index is 12.5. The SMILES string of the molecule is CCCCCCCC/C=C\CCCCCCCCCCCC(=O)NC(CS(=O)(=O)O)C(O)/C=C/CCCCCCCCCCCCCCC. The zero-order valence-electron chi connectivity index (χ0n) is 32.3. The molecule has 0 aliphatic heterocycles. The Bertz CT molecular complexity index is 872. The molecule has 1 amide bonds. The summed E-state index contributed by atoms with van der Waals surface area (Å²) in [6, 6.07) is -1.05. The van der Waals surface area contributed by atoms with Gasteiger partial charge in [-0.15, -0.1) is 0 Å². The molecule has 6 nitrogen and oxygen atoms in total. The van der Waals surface area contributed by atoms with Crippen molar-refractivity contribution in [2.24, 2.45) is 0 Å². The second-order valence-corrected chi connectivity index (χ2v) is 16.1. The van der Waals surface area contributed by atoms with Gasteiger partial charge in [-0.25, -0.2) is 0 Å². The van der Waals surface area contributed by atoms with Gasteiger partial charge >= 0.3 is 0 Å². The molecule has 0 aliphatic carbocycles. The van der Waals surface area contributed by atoms with Crippen molar-refractivity contribution in [2.45, 2.75) is 231 Å². The summed E-state index contributed by atoms with van der Waals surface area (Å²) in [4.78, 5) is 12.5. The first kappa shape index (κ1) is 47.8. The quantitative estimate of drug-likeness (QED) is 0.0336. The molecule has 290 valence electrons. The van der Waals surface area contributed by atoms with Crippen molar-refractivity contribution >= 4 is 16.0 Å². The van der Waals surface area contributed by atoms with Crippen LogP contribution in [0.2, 0.25) is 0 Å². The van der Waals surface area contributed by atoms with Gasteiger partial charge in [0.25, 0.3) is 10.1 Å². The Kier molecular flexibility index (Phi) is 35.7. The van der Waals surface area contributed by atoms with Crippen molar-refractivity contribution in [3.05, 3.63) is 24.3 Å². The molecule has 0 saturated carbocycles. The highest BCUT2D eigenvalue weighted by Crippen LogP contribution is 2.15. The Balaban J connectivity index is 3.89. The van der Waals surface area contributed by atoms with E-state index in [1.807, 2.05) is 6.08 Å². The Labute approximate surface area is 304 Å². The summed E-state index contributed by atoms with van der Waals surface area (Å²) in [5, 5.41) is 13.2. The monoisotopic (exact) mass is 712 g/mol. The van der Waals surface area contributed by atoms with Crippen molar-refractivity contribution in [1.82, 2.24) is 5.32 Å². The molecule has 0 aliphatic rings. The molecule has 0 heterocycles. The first-order chi connectivity index (χ1) is 23.8. The average molecular weight is 712 g/mol. The Hall–Kier alpha value is -1.18. The van der Waals surface area contributed by atoms with Crippen LogP contribution in [0, 0.1) is 0 Å². The van der Waals surface area contributed by atoms with E-state index in [-0.39, 0.29) is 5.91 Å². The van der Waals surface area contributed by atoms with Gasteiger partial charge in [0.1, 0.15) is 0 Å². The normalized spacial score (nSPS) is 13.5. The van der Waals surface area contributed by atoms with Crippen LogP contribution in [-0.2, 0) is 14.9 Å². The number of hydrogen-bond donors (Lipinski definition) is 3. The lowest BCUT2D eigenvalue weighted by Gasteiger charge is -2.21. The van der Waals surface area contributed by atoms with Gasteiger partial charge in [0, 0.05) is 6.42 Å². The van der Waals surface area contributed by atoms with Crippen LogP contribution in [0.1, 0.15) is 219 Å². The lowest BCUT2D eigenvalue weighted by molar-refractivity contribution is -0.122. The molecule has 0 bridgehead atoms. The predicted molar refractivity (Wildman–Crippen MR) is 212 cm³/mol. The summed E-state index contributed by atoms with van der Waals surface area (Å²) in [6.07, 6.45) is 45.9. The van der Waals surface area contributed by atoms with Gasteiger partial charge in [0.15, 0.2) is 0 Å². The topological polar surface area (TPSA) is 104 Å². The maximum atomic E-state index is 12.5. The Morgan fingerprint density at radius 3 is 1.22 bits per heavy atom. The van der Waals surface area contributed by atoms with E-state index in [1.165, 1.54) is 161 Å². The third-order valence-electron chi connectivity index (χ3n) is 9.62. The highest BCUT2D eigenvalue weighted by molar-refractivity contribution is 7.85. The van der Waals surface area contributed by atoms with E-state index in [9.17, 15) is 22.9 Å². The molecule has 0 spiro atoms. The van der Waals surface area contributed by atoms with Crippen molar-refractivity contribution in [3.63, 3.8) is 0 Å². The number of carbonyl (C=O) groups is 1. The van der Waals surface area contributed by atoms with E-state index in [2.05, 4.69) is 31.3 Å². The zero-order chi connectivity index (χ0) is 36.1. The van der Waals surface area contributed by atoms with Crippen LogP contribution in [0.25, 0.3) is 0 Å². The minimum atomic E-state index is -4.34. The molecule has 0 aromatic heterocycles. The van der Waals surface area contributed by atoms with Gasteiger partial charge < -0.3 is 10.4 Å². The highest BCUT2D eigenvalue weighted by Gasteiger charge is 2.24. The van der Waals surface area contributed by atoms with Crippen molar-refractivity contribution in [3.8, 4) is 0 Å². The van der Waals surface area contributed by atoms with Gasteiger partial charge in [-0.3, -0.25) is 9.35 Å². The van der Waals surface area contributed by atoms with Crippen LogP contribution in [-0.4, -0.2) is 41.9 Å². The van der Waals surface area contributed by atoms with E-state index in [0.29, 0.717) is 6.42 Å². The third kappa shape index (κ3) is 37.9. The number of hydrogen-bond acceptors (Lipinski definition) is 4. The smallest absolute Gasteiger partial charge is 0.267 e. The van der Waals surface area contributed by atoms with Crippen LogP contribution in [0.15, 0.2) is 24.3 Å². The average Bonchev–Trinajstić information content (AvgIpc) is 3.06. The molecule has 0 rings (SSSR count). The number of aliphatic hydroxyl groups excluding tert-OH is 1. The number of amides is 1. The first-order valence-corrected chi connectivity index (χ1v) is 22.6. The largest absolute Gasteiger partial charge is 0.387 e. The van der Waals surface area contributed by atoms with E-state index in [0.717, 1.165) is 38.5 Å². The number of nitrogens with one attached hydrogen (secondary N) is 1. The standard InChI is InChI=1S/C42H81NO5S/c1-3-5-7-9-11-13-15-17-19-20-21-22-24-26-28-30-32-34-36-38-42(45)43-40(39-49(46,47)48)41(44)37-35-33-31-29-27-25-23-18-16-14-12-10-8-6-4-2/h17,19,35,37,40-41,44H,3-16,18,20-34,36,38-39H2,1-2H3,(H,43,45)(H,46,47,48)/b19-17-,37-35+. The number of carbonyl (C=O) groups excluding carboxylic acids is 1. The Morgan fingerprint density at radius 1 is 0.531 bits per heavy atom. The molecular weight excluding hydrogens is 631 g/mol. The number of allylic oxidation sites excluding steroid dienone is 3. The first-order valence-electron chi connectivity index (χ1n) is 21.0. The van der Waals surface area contributed by atoms with Gasteiger partial charge in [-0.1, -0.05) is 192 Å². The molecule has 0 radical (unpaired) electrons. The minimum Gasteiger partial charge on any atom is -0.387 e. The number of aliphatic hydroxyl groups is 1. The molecule has 2 unspecified atom stereocenters. The lowest BCUT2D eigenvalue weighted by Crippen LogP contribution is -2.46. The molecule has 49 heavy (non-hydrogen) atoms.